The van der Waals surface area contributed by atoms with Crippen molar-refractivity contribution < 1.29 is 0 Å². The van der Waals surface area contributed by atoms with Crippen molar-refractivity contribution in [2.45, 2.75) is 0 Å². The van der Waals surface area contributed by atoms with Gasteiger partial charge in [0, 0.05) is 33.8 Å². The minimum absolute atomic E-state index is 1.07. The number of benzene rings is 12. The van der Waals surface area contributed by atoms with Crippen molar-refractivity contribution in [3.63, 3.8) is 0 Å². The molecule has 340 valence electrons. The van der Waals surface area contributed by atoms with E-state index >= 15 is 0 Å². The summed E-state index contributed by atoms with van der Waals surface area (Å²) < 4.78 is 0. The highest BCUT2D eigenvalue weighted by atomic mass is 15.1. The Labute approximate surface area is 422 Å². The number of rotatable bonds is 12. The number of fused-ring (bicyclic) bond motifs is 1. The number of hydrogen-bond acceptors (Lipinski definition) is 2. The second-order valence-corrected chi connectivity index (χ2v) is 18.2. The highest BCUT2D eigenvalue weighted by Crippen LogP contribution is 2.43. The number of nitrogens with zero attached hydrogens (tertiary/aromatic N) is 2. The smallest absolute Gasteiger partial charge is 0.0540 e. The Morgan fingerprint density at radius 2 is 0.458 bits per heavy atom. The van der Waals surface area contributed by atoms with Crippen LogP contribution in [0.4, 0.5) is 34.1 Å². The molecule has 2 heteroatoms. The molecule has 72 heavy (non-hydrogen) atoms. The molecule has 0 saturated heterocycles. The number of anilines is 6. The van der Waals surface area contributed by atoms with Gasteiger partial charge in [-0.3, -0.25) is 0 Å². The monoisotopic (exact) mass is 918 g/mol. The summed E-state index contributed by atoms with van der Waals surface area (Å²) in [6.45, 7) is 0. The Hall–Kier alpha value is -9.50. The molecular formula is C70H50N2. The van der Waals surface area contributed by atoms with Crippen LogP contribution in [0, 0.1) is 0 Å². The molecule has 0 aliphatic rings. The van der Waals surface area contributed by atoms with Crippen molar-refractivity contribution >= 4 is 44.9 Å². The van der Waals surface area contributed by atoms with Crippen molar-refractivity contribution in [3.8, 4) is 66.8 Å². The van der Waals surface area contributed by atoms with E-state index in [1.54, 1.807) is 0 Å². The largest absolute Gasteiger partial charge is 0.310 e. The predicted molar refractivity (Wildman–Crippen MR) is 306 cm³/mol. The zero-order valence-electron chi connectivity index (χ0n) is 39.8. The summed E-state index contributed by atoms with van der Waals surface area (Å²) in [7, 11) is 0. The maximum Gasteiger partial charge on any atom is 0.0540 e. The third kappa shape index (κ3) is 9.09. The Balaban J connectivity index is 0.902. The summed E-state index contributed by atoms with van der Waals surface area (Å²) in [4.78, 5) is 4.77. The van der Waals surface area contributed by atoms with E-state index in [0.29, 0.717) is 0 Å². The molecule has 0 aliphatic heterocycles. The summed E-state index contributed by atoms with van der Waals surface area (Å²) in [5.41, 5.74) is 20.7. The third-order valence-electron chi connectivity index (χ3n) is 13.6. The van der Waals surface area contributed by atoms with Gasteiger partial charge >= 0.3 is 0 Å². The first kappa shape index (κ1) is 43.8. The van der Waals surface area contributed by atoms with Gasteiger partial charge in [-0.05, 0) is 151 Å². The lowest BCUT2D eigenvalue weighted by atomic mass is 9.97. The zero-order chi connectivity index (χ0) is 48.1. The van der Waals surface area contributed by atoms with E-state index < -0.39 is 0 Å². The Morgan fingerprint density at radius 3 is 0.903 bits per heavy atom. The van der Waals surface area contributed by atoms with Crippen LogP contribution in [-0.4, -0.2) is 0 Å². The molecule has 0 aromatic heterocycles. The fourth-order valence-corrected chi connectivity index (χ4v) is 9.96. The van der Waals surface area contributed by atoms with E-state index in [2.05, 4.69) is 313 Å². The van der Waals surface area contributed by atoms with Gasteiger partial charge < -0.3 is 9.80 Å². The van der Waals surface area contributed by atoms with Gasteiger partial charge in [0.25, 0.3) is 0 Å². The molecule has 0 heterocycles. The van der Waals surface area contributed by atoms with Crippen LogP contribution < -0.4 is 9.80 Å². The average Bonchev–Trinajstić information content (AvgIpc) is 3.47. The molecule has 12 rings (SSSR count). The summed E-state index contributed by atoms with van der Waals surface area (Å²) >= 11 is 0. The quantitative estimate of drug-likeness (QED) is 0.120. The molecule has 0 bridgehead atoms. The average molecular weight is 919 g/mol. The summed E-state index contributed by atoms with van der Waals surface area (Å²) in [6.07, 6.45) is 0. The lowest BCUT2D eigenvalue weighted by Crippen LogP contribution is -2.10. The second kappa shape index (κ2) is 19.8. The first-order valence-electron chi connectivity index (χ1n) is 24.6. The zero-order valence-corrected chi connectivity index (χ0v) is 39.8. The fraction of sp³-hybridized carbons (Fsp3) is 0. The SMILES string of the molecule is c1ccc(-c2ccc(N(c3ccc(-c4ccc(N(c5ccc(-c6cccc(-c7ccccc7)c6)cc5)c5cccc6ccccc56)cc4)cc3)c3cc(-c4ccccc4)cc(-c4ccccc4)c3)cc2)cc1. The van der Waals surface area contributed by atoms with Crippen molar-refractivity contribution in [2.24, 2.45) is 0 Å². The summed E-state index contributed by atoms with van der Waals surface area (Å²) in [6, 6.07) is 109. The molecule has 0 spiro atoms. The van der Waals surface area contributed by atoms with Crippen LogP contribution in [0.2, 0.25) is 0 Å². The number of hydrogen-bond donors (Lipinski definition) is 0. The van der Waals surface area contributed by atoms with E-state index in [0.717, 1.165) is 56.4 Å². The highest BCUT2D eigenvalue weighted by molar-refractivity contribution is 5.99. The maximum absolute atomic E-state index is 2.38. The molecule has 12 aromatic carbocycles. The van der Waals surface area contributed by atoms with Gasteiger partial charge in [-0.2, -0.15) is 0 Å². The van der Waals surface area contributed by atoms with E-state index in [-0.39, 0.29) is 0 Å². The van der Waals surface area contributed by atoms with Crippen molar-refractivity contribution in [2.75, 3.05) is 9.80 Å². The van der Waals surface area contributed by atoms with Gasteiger partial charge in [0.15, 0.2) is 0 Å². The van der Waals surface area contributed by atoms with Gasteiger partial charge in [-0.1, -0.05) is 224 Å². The molecule has 0 aliphatic carbocycles. The van der Waals surface area contributed by atoms with Gasteiger partial charge in [0.2, 0.25) is 0 Å². The van der Waals surface area contributed by atoms with Gasteiger partial charge in [-0.15, -0.1) is 0 Å². The van der Waals surface area contributed by atoms with Crippen LogP contribution in [0.15, 0.2) is 303 Å². The molecule has 0 atom stereocenters. The Bertz CT molecular complexity index is 3680. The lowest BCUT2D eigenvalue weighted by molar-refractivity contribution is 1.28. The topological polar surface area (TPSA) is 6.48 Å². The molecule has 12 aromatic rings. The van der Waals surface area contributed by atoms with Crippen LogP contribution in [0.1, 0.15) is 0 Å². The van der Waals surface area contributed by atoms with Crippen LogP contribution in [0.25, 0.3) is 77.5 Å². The Kier molecular flexibility index (Phi) is 12.1. The van der Waals surface area contributed by atoms with Gasteiger partial charge in [-0.25, -0.2) is 0 Å². The van der Waals surface area contributed by atoms with Crippen LogP contribution in [0.3, 0.4) is 0 Å². The van der Waals surface area contributed by atoms with Crippen molar-refractivity contribution in [1.29, 1.82) is 0 Å². The molecule has 0 radical (unpaired) electrons. The molecule has 0 N–H and O–H groups in total. The molecule has 0 unspecified atom stereocenters. The van der Waals surface area contributed by atoms with Crippen LogP contribution in [0.5, 0.6) is 0 Å². The maximum atomic E-state index is 2.38. The second-order valence-electron chi connectivity index (χ2n) is 18.2. The lowest BCUT2D eigenvalue weighted by Gasteiger charge is -2.28. The minimum Gasteiger partial charge on any atom is -0.310 e. The predicted octanol–water partition coefficient (Wildman–Crippen LogP) is 19.8. The van der Waals surface area contributed by atoms with Crippen LogP contribution >= 0.6 is 0 Å². The van der Waals surface area contributed by atoms with Crippen molar-refractivity contribution in [1.82, 2.24) is 0 Å². The normalized spacial score (nSPS) is 11.1. The van der Waals surface area contributed by atoms with Gasteiger partial charge in [0.05, 0.1) is 5.69 Å². The van der Waals surface area contributed by atoms with E-state index in [1.165, 1.54) is 55.3 Å². The minimum atomic E-state index is 1.07. The summed E-state index contributed by atoms with van der Waals surface area (Å²) in [5, 5.41) is 2.40. The Morgan fingerprint density at radius 1 is 0.167 bits per heavy atom. The highest BCUT2D eigenvalue weighted by Gasteiger charge is 2.19. The first-order chi connectivity index (χ1) is 35.7. The van der Waals surface area contributed by atoms with E-state index in [1.807, 2.05) is 0 Å². The third-order valence-corrected chi connectivity index (χ3v) is 13.6. The molecule has 2 nitrogen and oxygen atoms in total. The van der Waals surface area contributed by atoms with E-state index in [9.17, 15) is 0 Å². The van der Waals surface area contributed by atoms with Gasteiger partial charge in [0.1, 0.15) is 0 Å². The molecule has 0 amide bonds. The van der Waals surface area contributed by atoms with Crippen LogP contribution in [-0.2, 0) is 0 Å². The molecule has 0 saturated carbocycles. The summed E-state index contributed by atoms with van der Waals surface area (Å²) in [5.74, 6) is 0. The van der Waals surface area contributed by atoms with Crippen molar-refractivity contribution in [3.05, 3.63) is 303 Å². The fourth-order valence-electron chi connectivity index (χ4n) is 9.96. The van der Waals surface area contributed by atoms with E-state index in [4.69, 9.17) is 0 Å². The molecule has 0 fully saturated rings. The first-order valence-corrected chi connectivity index (χ1v) is 24.6. The standard InChI is InChI=1S/C70H50N2/c1-5-17-51(18-6-1)55-31-39-64(40-32-55)71(68-49-62(53-21-9-3-10-22-53)48-63(50-68)54-23-11-4-12-24-54)65-41-33-56(34-42-65)57-35-43-66(44-36-57)72(70-30-16-26-59-25-13-14-29-69(59)70)67-45-37-58(38-46-67)61-28-15-27-60(47-61)52-19-7-2-8-20-52/h1-50H. The molecular weight excluding hydrogens is 869 g/mol.